The minimum Gasteiger partial charge on any atom is -0.375 e. The lowest BCUT2D eigenvalue weighted by Gasteiger charge is -2.08. The minimum atomic E-state index is -0.663. The molecule has 114 valence electrons. The Labute approximate surface area is 135 Å². The van der Waals surface area contributed by atoms with Gasteiger partial charge in [-0.3, -0.25) is 0 Å². The van der Waals surface area contributed by atoms with Gasteiger partial charge < -0.3 is 10.3 Å². The largest absolute Gasteiger partial charge is 0.375 e. The molecule has 7 heteroatoms. The maximum atomic E-state index is 13.7. The number of aromatic amines is 1. The molecule has 2 aromatic rings. The van der Waals surface area contributed by atoms with E-state index in [1.807, 2.05) is 0 Å². The van der Waals surface area contributed by atoms with Gasteiger partial charge in [0.05, 0.1) is 12.2 Å². The summed E-state index contributed by atoms with van der Waals surface area (Å²) in [5, 5.41) is 3.03. The second kappa shape index (κ2) is 7.22. The molecule has 0 saturated carbocycles. The van der Waals surface area contributed by atoms with E-state index in [0.29, 0.717) is 15.3 Å². The van der Waals surface area contributed by atoms with E-state index in [2.05, 4.69) is 38.1 Å². The number of rotatable bonds is 6. The van der Waals surface area contributed by atoms with Crippen molar-refractivity contribution in [3.8, 4) is 0 Å². The summed E-state index contributed by atoms with van der Waals surface area (Å²) >= 11 is 9.05. The second-order valence-corrected chi connectivity index (χ2v) is 5.93. The van der Waals surface area contributed by atoms with Crippen molar-refractivity contribution in [1.82, 2.24) is 9.97 Å². The standard InChI is InChI=1S/C14H15BrClF2N3/c1-2-3-4-12-20-11(14(16)21-12)7-19-13-9(17)5-8(15)6-10(13)18/h5-6,19H,2-4,7H2,1H3,(H,20,21). The predicted molar refractivity (Wildman–Crippen MR) is 83.6 cm³/mol. The Balaban J connectivity index is 2.08. The van der Waals surface area contributed by atoms with E-state index in [1.165, 1.54) is 12.1 Å². The van der Waals surface area contributed by atoms with E-state index < -0.39 is 11.6 Å². The van der Waals surface area contributed by atoms with Crippen LogP contribution in [0.5, 0.6) is 0 Å². The van der Waals surface area contributed by atoms with E-state index in [-0.39, 0.29) is 12.2 Å². The molecule has 2 N–H and O–H groups in total. The molecule has 2 rings (SSSR count). The SMILES string of the molecule is CCCCc1nc(Cl)c(CNc2c(F)cc(Br)cc2F)[nH]1. The molecule has 3 nitrogen and oxygen atoms in total. The number of nitrogens with zero attached hydrogens (tertiary/aromatic N) is 1. The topological polar surface area (TPSA) is 40.7 Å². The first-order chi connectivity index (χ1) is 10.0. The van der Waals surface area contributed by atoms with Crippen LogP contribution in [0, 0.1) is 11.6 Å². The molecule has 0 unspecified atom stereocenters. The monoisotopic (exact) mass is 377 g/mol. The van der Waals surface area contributed by atoms with Gasteiger partial charge in [0, 0.05) is 10.9 Å². The van der Waals surface area contributed by atoms with Crippen LogP contribution in [0.15, 0.2) is 16.6 Å². The lowest BCUT2D eigenvalue weighted by Crippen LogP contribution is -2.05. The molecule has 0 aliphatic carbocycles. The first-order valence-electron chi connectivity index (χ1n) is 6.63. The van der Waals surface area contributed by atoms with Crippen LogP contribution in [0.2, 0.25) is 5.15 Å². The fourth-order valence-electron chi connectivity index (χ4n) is 1.91. The highest BCUT2D eigenvalue weighted by atomic mass is 79.9. The van der Waals surface area contributed by atoms with Crippen LogP contribution in [-0.2, 0) is 13.0 Å². The minimum absolute atomic E-state index is 0.174. The zero-order valence-corrected chi connectivity index (χ0v) is 13.8. The predicted octanol–water partition coefficient (Wildman–Crippen LogP) is 5.06. The average molecular weight is 379 g/mol. The molecular weight excluding hydrogens is 364 g/mol. The van der Waals surface area contributed by atoms with Gasteiger partial charge in [-0.25, -0.2) is 13.8 Å². The Bertz CT molecular complexity index is 608. The molecule has 0 radical (unpaired) electrons. The summed E-state index contributed by atoms with van der Waals surface area (Å²) in [6.07, 6.45) is 2.87. The number of aryl methyl sites for hydroxylation is 1. The summed E-state index contributed by atoms with van der Waals surface area (Å²) in [7, 11) is 0. The van der Waals surface area contributed by atoms with Gasteiger partial charge in [0.25, 0.3) is 0 Å². The van der Waals surface area contributed by atoms with Crippen LogP contribution in [0.4, 0.5) is 14.5 Å². The highest BCUT2D eigenvalue weighted by molar-refractivity contribution is 9.10. The van der Waals surface area contributed by atoms with Gasteiger partial charge >= 0.3 is 0 Å². The van der Waals surface area contributed by atoms with Crippen molar-refractivity contribution in [2.24, 2.45) is 0 Å². The molecule has 21 heavy (non-hydrogen) atoms. The van der Waals surface area contributed by atoms with Crippen LogP contribution >= 0.6 is 27.5 Å². The van der Waals surface area contributed by atoms with Gasteiger partial charge in [-0.2, -0.15) is 0 Å². The summed E-state index contributed by atoms with van der Waals surface area (Å²) in [6.45, 7) is 2.26. The number of anilines is 1. The van der Waals surface area contributed by atoms with Crippen molar-refractivity contribution >= 4 is 33.2 Å². The summed E-state index contributed by atoms with van der Waals surface area (Å²) in [5.41, 5.74) is 0.434. The first-order valence-corrected chi connectivity index (χ1v) is 7.80. The summed E-state index contributed by atoms with van der Waals surface area (Å²) in [4.78, 5) is 7.27. The van der Waals surface area contributed by atoms with Crippen LogP contribution in [0.3, 0.4) is 0 Å². The smallest absolute Gasteiger partial charge is 0.152 e. The van der Waals surface area contributed by atoms with Gasteiger partial charge in [0.15, 0.2) is 5.15 Å². The van der Waals surface area contributed by atoms with E-state index in [9.17, 15) is 8.78 Å². The third kappa shape index (κ3) is 4.17. The number of H-pyrrole nitrogens is 1. The summed E-state index contributed by atoms with van der Waals surface area (Å²) in [5.74, 6) is -0.539. The Morgan fingerprint density at radius 2 is 2.00 bits per heavy atom. The van der Waals surface area contributed by atoms with Crippen molar-refractivity contribution in [3.63, 3.8) is 0 Å². The number of benzene rings is 1. The third-order valence-electron chi connectivity index (χ3n) is 2.99. The molecule has 1 aromatic heterocycles. The number of unbranched alkanes of at least 4 members (excludes halogenated alkanes) is 1. The molecular formula is C14H15BrClF2N3. The Kier molecular flexibility index (Phi) is 5.58. The molecule has 0 bridgehead atoms. The number of hydrogen-bond acceptors (Lipinski definition) is 2. The zero-order valence-electron chi connectivity index (χ0n) is 11.4. The van der Waals surface area contributed by atoms with Gasteiger partial charge in [-0.05, 0) is 18.6 Å². The summed E-state index contributed by atoms with van der Waals surface area (Å²) in [6, 6.07) is 2.40. The van der Waals surface area contributed by atoms with Crippen molar-refractivity contribution in [2.45, 2.75) is 32.7 Å². The lowest BCUT2D eigenvalue weighted by atomic mass is 10.2. The molecule has 0 atom stereocenters. The second-order valence-electron chi connectivity index (χ2n) is 4.65. The average Bonchev–Trinajstić information content (AvgIpc) is 2.76. The van der Waals surface area contributed by atoms with Gasteiger partial charge in [0.2, 0.25) is 0 Å². The fourth-order valence-corrected chi connectivity index (χ4v) is 2.53. The zero-order chi connectivity index (χ0) is 15.4. The van der Waals surface area contributed by atoms with E-state index in [0.717, 1.165) is 25.1 Å². The number of hydrogen-bond donors (Lipinski definition) is 2. The van der Waals surface area contributed by atoms with Crippen molar-refractivity contribution in [1.29, 1.82) is 0 Å². The lowest BCUT2D eigenvalue weighted by molar-refractivity contribution is 0.586. The van der Waals surface area contributed by atoms with E-state index >= 15 is 0 Å². The third-order valence-corrected chi connectivity index (χ3v) is 3.76. The normalized spacial score (nSPS) is 10.9. The van der Waals surface area contributed by atoms with Crippen LogP contribution in [0.1, 0.15) is 31.3 Å². The number of imidazole rings is 1. The van der Waals surface area contributed by atoms with Gasteiger partial charge in [-0.1, -0.05) is 40.9 Å². The molecule has 0 aliphatic rings. The Morgan fingerprint density at radius 3 is 2.62 bits per heavy atom. The maximum absolute atomic E-state index is 13.7. The molecule has 0 aliphatic heterocycles. The summed E-state index contributed by atoms with van der Waals surface area (Å²) < 4.78 is 27.7. The van der Waals surface area contributed by atoms with E-state index in [1.54, 1.807) is 0 Å². The van der Waals surface area contributed by atoms with Crippen LogP contribution < -0.4 is 5.32 Å². The maximum Gasteiger partial charge on any atom is 0.152 e. The van der Waals surface area contributed by atoms with E-state index in [4.69, 9.17) is 11.6 Å². The molecule has 0 amide bonds. The molecule has 0 spiro atoms. The highest BCUT2D eigenvalue weighted by Gasteiger charge is 2.13. The van der Waals surface area contributed by atoms with Gasteiger partial charge in [0.1, 0.15) is 23.1 Å². The van der Waals surface area contributed by atoms with Gasteiger partial charge in [-0.15, -0.1) is 0 Å². The fraction of sp³-hybridized carbons (Fsp3) is 0.357. The Morgan fingerprint density at radius 1 is 1.33 bits per heavy atom. The van der Waals surface area contributed by atoms with Crippen molar-refractivity contribution in [3.05, 3.63) is 44.9 Å². The van der Waals surface area contributed by atoms with Crippen molar-refractivity contribution < 1.29 is 8.78 Å². The van der Waals surface area contributed by atoms with Crippen LogP contribution in [0.25, 0.3) is 0 Å². The molecule has 1 aromatic carbocycles. The quantitative estimate of drug-likeness (QED) is 0.738. The number of nitrogens with one attached hydrogen (secondary N) is 2. The highest BCUT2D eigenvalue weighted by Crippen LogP contribution is 2.25. The number of halogens is 4. The Hall–Kier alpha value is -1.14. The number of aromatic nitrogens is 2. The molecule has 0 saturated heterocycles. The molecule has 1 heterocycles. The molecule has 0 fully saturated rings. The van der Waals surface area contributed by atoms with Crippen LogP contribution in [-0.4, -0.2) is 9.97 Å². The van der Waals surface area contributed by atoms with Crippen molar-refractivity contribution in [2.75, 3.05) is 5.32 Å². The first kappa shape index (κ1) is 16.2.